The second-order valence-corrected chi connectivity index (χ2v) is 5.91. The van der Waals surface area contributed by atoms with Gasteiger partial charge in [0.1, 0.15) is 6.61 Å². The number of methoxy groups -OCH3 is 1. The third kappa shape index (κ3) is 3.23. The van der Waals surface area contributed by atoms with Gasteiger partial charge in [-0.1, -0.05) is 12.1 Å². The molecule has 1 aliphatic rings. The summed E-state index contributed by atoms with van der Waals surface area (Å²) in [5, 5.41) is 8.07. The SMILES string of the molecule is COCc1nnc2n1[C@@H](C)CN(C(=O)c1ccccc1C(F)(F)F)C2. The van der Waals surface area contributed by atoms with E-state index >= 15 is 0 Å². The van der Waals surface area contributed by atoms with E-state index < -0.39 is 17.6 Å². The van der Waals surface area contributed by atoms with Crippen molar-refractivity contribution in [2.24, 2.45) is 0 Å². The molecule has 1 aromatic carbocycles. The Labute approximate surface area is 142 Å². The molecule has 0 aliphatic carbocycles. The Kier molecular flexibility index (Phi) is 4.51. The van der Waals surface area contributed by atoms with Gasteiger partial charge in [-0.15, -0.1) is 10.2 Å². The normalized spacial score (nSPS) is 17.5. The highest BCUT2D eigenvalue weighted by molar-refractivity contribution is 5.96. The third-order valence-corrected chi connectivity index (χ3v) is 4.12. The Balaban J connectivity index is 1.90. The molecule has 9 heteroatoms. The van der Waals surface area contributed by atoms with Gasteiger partial charge in [-0.2, -0.15) is 13.2 Å². The number of aromatic nitrogens is 3. The van der Waals surface area contributed by atoms with Gasteiger partial charge in [0.05, 0.1) is 23.7 Å². The molecule has 0 saturated carbocycles. The minimum Gasteiger partial charge on any atom is -0.377 e. The van der Waals surface area contributed by atoms with Gasteiger partial charge in [-0.25, -0.2) is 0 Å². The molecule has 134 valence electrons. The first kappa shape index (κ1) is 17.4. The first-order valence-electron chi connectivity index (χ1n) is 7.70. The summed E-state index contributed by atoms with van der Waals surface area (Å²) in [5.41, 5.74) is -1.29. The fourth-order valence-corrected chi connectivity index (χ4v) is 3.08. The maximum Gasteiger partial charge on any atom is 0.417 e. The van der Waals surface area contributed by atoms with Crippen LogP contribution in [-0.2, 0) is 24.1 Å². The number of alkyl halides is 3. The van der Waals surface area contributed by atoms with E-state index in [2.05, 4.69) is 10.2 Å². The molecule has 2 heterocycles. The first-order chi connectivity index (χ1) is 11.8. The van der Waals surface area contributed by atoms with Crippen molar-refractivity contribution in [1.29, 1.82) is 0 Å². The van der Waals surface area contributed by atoms with E-state index in [4.69, 9.17) is 4.74 Å². The Bertz CT molecular complexity index is 788. The number of rotatable bonds is 3. The highest BCUT2D eigenvalue weighted by atomic mass is 19.4. The van der Waals surface area contributed by atoms with E-state index in [-0.39, 0.29) is 31.3 Å². The molecule has 0 saturated heterocycles. The van der Waals surface area contributed by atoms with Crippen LogP contribution in [-0.4, -0.2) is 39.2 Å². The van der Waals surface area contributed by atoms with Crippen LogP contribution in [0.1, 0.15) is 40.5 Å². The number of carbonyl (C=O) groups is 1. The molecule has 1 atom stereocenters. The number of halogens is 3. The minimum atomic E-state index is -4.58. The number of benzene rings is 1. The van der Waals surface area contributed by atoms with Crippen molar-refractivity contribution in [2.75, 3.05) is 13.7 Å². The molecule has 0 bridgehead atoms. The smallest absolute Gasteiger partial charge is 0.377 e. The second kappa shape index (κ2) is 6.47. The lowest BCUT2D eigenvalue weighted by Gasteiger charge is -2.33. The van der Waals surface area contributed by atoms with Crippen LogP contribution in [0.15, 0.2) is 24.3 Å². The van der Waals surface area contributed by atoms with Gasteiger partial charge < -0.3 is 14.2 Å². The molecule has 6 nitrogen and oxygen atoms in total. The molecular formula is C16H17F3N4O2. The lowest BCUT2D eigenvalue weighted by molar-refractivity contribution is -0.138. The maximum absolute atomic E-state index is 13.2. The molecule has 1 aromatic heterocycles. The van der Waals surface area contributed by atoms with Gasteiger partial charge in [0.2, 0.25) is 0 Å². The predicted octanol–water partition coefficient (Wildman–Crippen LogP) is 2.66. The molecule has 1 amide bonds. The summed E-state index contributed by atoms with van der Waals surface area (Å²) in [6, 6.07) is 4.65. The van der Waals surface area contributed by atoms with Crippen LogP contribution in [0.3, 0.4) is 0 Å². The van der Waals surface area contributed by atoms with E-state index in [9.17, 15) is 18.0 Å². The average molecular weight is 354 g/mol. The molecule has 0 unspecified atom stereocenters. The first-order valence-corrected chi connectivity index (χ1v) is 7.70. The van der Waals surface area contributed by atoms with Crippen LogP contribution in [0.25, 0.3) is 0 Å². The lowest BCUT2D eigenvalue weighted by Crippen LogP contribution is -2.41. The largest absolute Gasteiger partial charge is 0.417 e. The monoisotopic (exact) mass is 354 g/mol. The number of amides is 1. The molecule has 3 rings (SSSR count). The van der Waals surface area contributed by atoms with Crippen LogP contribution in [0, 0.1) is 0 Å². The van der Waals surface area contributed by atoms with E-state index in [0.29, 0.717) is 11.6 Å². The van der Waals surface area contributed by atoms with Crippen molar-refractivity contribution in [2.45, 2.75) is 32.3 Å². The number of carbonyl (C=O) groups excluding carboxylic acids is 1. The fraction of sp³-hybridized carbons (Fsp3) is 0.438. The summed E-state index contributed by atoms with van der Waals surface area (Å²) in [5.74, 6) is 0.499. The number of nitrogens with zero attached hydrogens (tertiary/aromatic N) is 4. The van der Waals surface area contributed by atoms with Crippen molar-refractivity contribution < 1.29 is 22.7 Å². The Morgan fingerprint density at radius 2 is 2.04 bits per heavy atom. The van der Waals surface area contributed by atoms with E-state index in [0.717, 1.165) is 6.07 Å². The maximum atomic E-state index is 13.2. The van der Waals surface area contributed by atoms with Crippen molar-refractivity contribution in [1.82, 2.24) is 19.7 Å². The number of hydrogen-bond donors (Lipinski definition) is 0. The minimum absolute atomic E-state index is 0.103. The van der Waals surface area contributed by atoms with Gasteiger partial charge in [0.25, 0.3) is 5.91 Å². The van der Waals surface area contributed by atoms with Crippen LogP contribution < -0.4 is 0 Å². The fourth-order valence-electron chi connectivity index (χ4n) is 3.08. The molecule has 25 heavy (non-hydrogen) atoms. The van der Waals surface area contributed by atoms with Crippen LogP contribution in [0.2, 0.25) is 0 Å². The molecule has 0 fully saturated rings. The summed E-state index contributed by atoms with van der Waals surface area (Å²) in [7, 11) is 1.54. The summed E-state index contributed by atoms with van der Waals surface area (Å²) in [4.78, 5) is 14.1. The van der Waals surface area contributed by atoms with Gasteiger partial charge in [0, 0.05) is 13.7 Å². The van der Waals surface area contributed by atoms with Gasteiger partial charge in [-0.3, -0.25) is 4.79 Å². The quantitative estimate of drug-likeness (QED) is 0.850. The zero-order valence-electron chi connectivity index (χ0n) is 13.7. The topological polar surface area (TPSA) is 60.3 Å². The zero-order valence-corrected chi connectivity index (χ0v) is 13.7. The highest BCUT2D eigenvalue weighted by Crippen LogP contribution is 2.33. The van der Waals surface area contributed by atoms with Gasteiger partial charge >= 0.3 is 6.18 Å². The van der Waals surface area contributed by atoms with E-state index in [1.165, 1.54) is 23.1 Å². The Hall–Kier alpha value is -2.42. The zero-order chi connectivity index (χ0) is 18.2. The molecule has 0 radical (unpaired) electrons. The van der Waals surface area contributed by atoms with Crippen LogP contribution >= 0.6 is 0 Å². The van der Waals surface area contributed by atoms with Gasteiger partial charge in [0.15, 0.2) is 11.6 Å². The molecule has 0 N–H and O–H groups in total. The number of fused-ring (bicyclic) bond motifs is 1. The highest BCUT2D eigenvalue weighted by Gasteiger charge is 2.37. The summed E-state index contributed by atoms with van der Waals surface area (Å²) >= 11 is 0. The summed E-state index contributed by atoms with van der Waals surface area (Å²) in [6.45, 7) is 2.52. The number of hydrogen-bond acceptors (Lipinski definition) is 4. The molecule has 0 spiro atoms. The van der Waals surface area contributed by atoms with Crippen LogP contribution in [0.5, 0.6) is 0 Å². The number of ether oxygens (including phenoxy) is 1. The third-order valence-electron chi connectivity index (χ3n) is 4.12. The van der Waals surface area contributed by atoms with Crippen LogP contribution in [0.4, 0.5) is 13.2 Å². The molecule has 1 aliphatic heterocycles. The standard InChI is InChI=1S/C16H17F3N4O2/c1-10-7-22(8-13-20-21-14(9-25-2)23(10)13)15(24)11-5-3-4-6-12(11)16(17,18)19/h3-6,10H,7-9H2,1-2H3/t10-/m0/s1. The van der Waals surface area contributed by atoms with Crippen molar-refractivity contribution in [3.05, 3.63) is 47.0 Å². The van der Waals surface area contributed by atoms with Gasteiger partial charge in [-0.05, 0) is 19.1 Å². The second-order valence-electron chi connectivity index (χ2n) is 5.91. The Morgan fingerprint density at radius 1 is 1.32 bits per heavy atom. The lowest BCUT2D eigenvalue weighted by atomic mass is 10.0. The molecular weight excluding hydrogens is 337 g/mol. The molecule has 2 aromatic rings. The summed E-state index contributed by atoms with van der Waals surface area (Å²) < 4.78 is 46.4. The van der Waals surface area contributed by atoms with E-state index in [1.54, 1.807) is 7.11 Å². The van der Waals surface area contributed by atoms with Crippen molar-refractivity contribution >= 4 is 5.91 Å². The van der Waals surface area contributed by atoms with Crippen molar-refractivity contribution in [3.8, 4) is 0 Å². The summed E-state index contributed by atoms with van der Waals surface area (Å²) in [6.07, 6.45) is -4.58. The Morgan fingerprint density at radius 3 is 2.72 bits per heavy atom. The average Bonchev–Trinajstić information content (AvgIpc) is 2.97. The van der Waals surface area contributed by atoms with E-state index in [1.807, 2.05) is 11.5 Å². The predicted molar refractivity (Wildman–Crippen MR) is 81.6 cm³/mol. The van der Waals surface area contributed by atoms with Crippen molar-refractivity contribution in [3.63, 3.8) is 0 Å².